The van der Waals surface area contributed by atoms with E-state index in [4.69, 9.17) is 21.0 Å². The lowest BCUT2D eigenvalue weighted by molar-refractivity contribution is 0.567. The van der Waals surface area contributed by atoms with E-state index in [0.29, 0.717) is 0 Å². The van der Waals surface area contributed by atoms with Gasteiger partial charge in [0.1, 0.15) is 5.01 Å². The monoisotopic (exact) mass is 402 g/mol. The van der Waals surface area contributed by atoms with E-state index in [1.54, 1.807) is 29.4 Å². The molecule has 0 bridgehead atoms. The van der Waals surface area contributed by atoms with E-state index in [2.05, 4.69) is 22.5 Å². The fourth-order valence-corrected chi connectivity index (χ4v) is 4.68. The fraction of sp³-hybridized carbons (Fsp3) is 0.167. The molecule has 26 heavy (non-hydrogen) atoms. The molecule has 3 aromatic heterocycles. The minimum absolute atomic E-state index is 0.717. The lowest BCUT2D eigenvalue weighted by atomic mass is 10.2. The van der Waals surface area contributed by atoms with Crippen molar-refractivity contribution in [1.29, 1.82) is 0 Å². The van der Waals surface area contributed by atoms with Gasteiger partial charge in [0.15, 0.2) is 16.7 Å². The Morgan fingerprint density at radius 1 is 1.19 bits per heavy atom. The number of furan rings is 1. The zero-order valence-electron chi connectivity index (χ0n) is 13.9. The molecule has 0 unspecified atom stereocenters. The van der Waals surface area contributed by atoms with Gasteiger partial charge in [-0.2, -0.15) is 0 Å². The van der Waals surface area contributed by atoms with E-state index in [0.717, 1.165) is 50.3 Å². The summed E-state index contributed by atoms with van der Waals surface area (Å²) >= 11 is 9.48. The molecule has 3 heterocycles. The van der Waals surface area contributed by atoms with Crippen LogP contribution in [-0.4, -0.2) is 19.7 Å². The molecule has 0 radical (unpaired) electrons. The van der Waals surface area contributed by atoms with Crippen molar-refractivity contribution in [2.24, 2.45) is 0 Å². The fourth-order valence-electron chi connectivity index (χ4n) is 2.54. The molecular formula is C18H15ClN4OS2. The van der Waals surface area contributed by atoms with Gasteiger partial charge in [-0.3, -0.25) is 4.57 Å². The Morgan fingerprint density at radius 2 is 2.08 bits per heavy atom. The molecule has 0 fully saturated rings. The predicted molar refractivity (Wildman–Crippen MR) is 106 cm³/mol. The van der Waals surface area contributed by atoms with Gasteiger partial charge in [-0.15, -0.1) is 21.5 Å². The smallest absolute Gasteiger partial charge is 0.200 e. The van der Waals surface area contributed by atoms with E-state index >= 15 is 0 Å². The Labute approximate surface area is 164 Å². The summed E-state index contributed by atoms with van der Waals surface area (Å²) in [6.07, 6.45) is 1.64. The number of hydrogen-bond donors (Lipinski definition) is 0. The van der Waals surface area contributed by atoms with Crippen molar-refractivity contribution in [2.45, 2.75) is 24.4 Å². The van der Waals surface area contributed by atoms with Gasteiger partial charge in [0, 0.05) is 23.2 Å². The van der Waals surface area contributed by atoms with E-state index < -0.39 is 0 Å². The van der Waals surface area contributed by atoms with Crippen LogP contribution < -0.4 is 0 Å². The van der Waals surface area contributed by atoms with Crippen LogP contribution in [0.5, 0.6) is 0 Å². The Hall–Kier alpha value is -2.09. The molecule has 0 atom stereocenters. The number of halogens is 1. The maximum absolute atomic E-state index is 6.26. The van der Waals surface area contributed by atoms with Crippen molar-refractivity contribution >= 4 is 34.7 Å². The van der Waals surface area contributed by atoms with Gasteiger partial charge >= 0.3 is 0 Å². The van der Waals surface area contributed by atoms with Crippen LogP contribution in [0.15, 0.2) is 57.6 Å². The normalized spacial score (nSPS) is 11.2. The van der Waals surface area contributed by atoms with Crippen molar-refractivity contribution in [3.63, 3.8) is 0 Å². The number of benzene rings is 1. The third-order valence-electron chi connectivity index (χ3n) is 3.78. The second kappa shape index (κ2) is 7.65. The number of thiazole rings is 1. The average molecular weight is 403 g/mol. The van der Waals surface area contributed by atoms with Crippen LogP contribution >= 0.6 is 34.7 Å². The maximum Gasteiger partial charge on any atom is 0.200 e. The van der Waals surface area contributed by atoms with Gasteiger partial charge in [-0.1, -0.05) is 41.6 Å². The van der Waals surface area contributed by atoms with Crippen LogP contribution in [0.4, 0.5) is 0 Å². The van der Waals surface area contributed by atoms with Gasteiger partial charge in [0.05, 0.1) is 17.0 Å². The molecule has 0 saturated heterocycles. The number of rotatable bonds is 6. The van der Waals surface area contributed by atoms with E-state index in [1.807, 2.05) is 41.0 Å². The van der Waals surface area contributed by atoms with Crippen molar-refractivity contribution in [2.75, 3.05) is 0 Å². The zero-order chi connectivity index (χ0) is 17.9. The molecule has 0 N–H and O–H groups in total. The Balaban J connectivity index is 1.51. The van der Waals surface area contributed by atoms with E-state index in [9.17, 15) is 0 Å². The summed E-state index contributed by atoms with van der Waals surface area (Å²) in [5.41, 5.74) is 1.97. The first-order chi connectivity index (χ1) is 12.8. The van der Waals surface area contributed by atoms with Crippen LogP contribution in [0.2, 0.25) is 5.02 Å². The molecule has 0 aliphatic rings. The topological polar surface area (TPSA) is 56.7 Å². The lowest BCUT2D eigenvalue weighted by Crippen LogP contribution is -1.99. The quantitative estimate of drug-likeness (QED) is 0.391. The van der Waals surface area contributed by atoms with Crippen LogP contribution in [0.1, 0.15) is 12.6 Å². The molecule has 5 nitrogen and oxygen atoms in total. The van der Waals surface area contributed by atoms with Gasteiger partial charge in [-0.25, -0.2) is 4.98 Å². The van der Waals surface area contributed by atoms with Crippen molar-refractivity contribution in [3.05, 3.63) is 58.8 Å². The Bertz CT molecular complexity index is 1010. The van der Waals surface area contributed by atoms with Gasteiger partial charge in [0.2, 0.25) is 0 Å². The largest absolute Gasteiger partial charge is 0.461 e. The van der Waals surface area contributed by atoms with Crippen LogP contribution in [0.3, 0.4) is 0 Å². The minimum atomic E-state index is 0.717. The molecule has 0 aliphatic heterocycles. The molecule has 4 rings (SSSR count). The summed E-state index contributed by atoms with van der Waals surface area (Å²) in [5.74, 6) is 2.19. The third-order valence-corrected chi connectivity index (χ3v) is 6.03. The summed E-state index contributed by atoms with van der Waals surface area (Å²) in [5, 5.41) is 13.1. The summed E-state index contributed by atoms with van der Waals surface area (Å²) < 4.78 is 7.49. The molecule has 0 saturated carbocycles. The zero-order valence-corrected chi connectivity index (χ0v) is 16.3. The van der Waals surface area contributed by atoms with Gasteiger partial charge < -0.3 is 4.42 Å². The standard InChI is InChI=1S/C18H15ClN4OS2/c1-2-23-16(15-8-5-9-24-15)21-22-18(23)26-11-12-10-25-17(20-12)13-6-3-4-7-14(13)19/h3-10H,2,11H2,1H3. The van der Waals surface area contributed by atoms with Gasteiger partial charge in [0.25, 0.3) is 0 Å². The highest BCUT2D eigenvalue weighted by Gasteiger charge is 2.16. The molecule has 132 valence electrons. The van der Waals surface area contributed by atoms with Crippen LogP contribution in [0, 0.1) is 0 Å². The minimum Gasteiger partial charge on any atom is -0.461 e. The molecule has 0 spiro atoms. The van der Waals surface area contributed by atoms with Gasteiger partial charge in [-0.05, 0) is 25.1 Å². The first-order valence-electron chi connectivity index (χ1n) is 8.05. The summed E-state index contributed by atoms with van der Waals surface area (Å²) in [6, 6.07) is 11.5. The van der Waals surface area contributed by atoms with Crippen LogP contribution in [0.25, 0.3) is 22.2 Å². The summed E-state index contributed by atoms with van der Waals surface area (Å²) in [6.45, 7) is 2.84. The summed E-state index contributed by atoms with van der Waals surface area (Å²) in [7, 11) is 0. The molecular weight excluding hydrogens is 388 g/mol. The van der Waals surface area contributed by atoms with Crippen LogP contribution in [-0.2, 0) is 12.3 Å². The first-order valence-corrected chi connectivity index (χ1v) is 10.3. The van der Waals surface area contributed by atoms with Crippen molar-refractivity contribution in [1.82, 2.24) is 19.7 Å². The lowest BCUT2D eigenvalue weighted by Gasteiger charge is -2.04. The summed E-state index contributed by atoms with van der Waals surface area (Å²) in [4.78, 5) is 4.71. The first kappa shape index (κ1) is 17.3. The second-order valence-electron chi connectivity index (χ2n) is 5.44. The number of hydrogen-bond acceptors (Lipinski definition) is 6. The van der Waals surface area contributed by atoms with E-state index in [-0.39, 0.29) is 0 Å². The highest BCUT2D eigenvalue weighted by molar-refractivity contribution is 7.98. The van der Waals surface area contributed by atoms with Crippen molar-refractivity contribution in [3.8, 4) is 22.2 Å². The maximum atomic E-state index is 6.26. The number of nitrogens with zero attached hydrogens (tertiary/aromatic N) is 4. The van der Waals surface area contributed by atoms with E-state index in [1.165, 1.54) is 0 Å². The molecule has 4 aromatic rings. The molecule has 8 heteroatoms. The second-order valence-corrected chi connectivity index (χ2v) is 7.65. The number of aromatic nitrogens is 4. The molecule has 0 amide bonds. The predicted octanol–water partition coefficient (Wildman–Crippen LogP) is 5.63. The molecule has 0 aliphatic carbocycles. The average Bonchev–Trinajstić information content (AvgIpc) is 3.39. The Kier molecular flexibility index (Phi) is 5.10. The van der Waals surface area contributed by atoms with Crippen molar-refractivity contribution < 1.29 is 4.42 Å². The number of thioether (sulfide) groups is 1. The third kappa shape index (κ3) is 3.42. The highest BCUT2D eigenvalue weighted by atomic mass is 35.5. The SMILES string of the molecule is CCn1c(SCc2csc(-c3ccccc3Cl)n2)nnc1-c1ccco1. The molecule has 1 aromatic carbocycles. The highest BCUT2D eigenvalue weighted by Crippen LogP contribution is 2.32. The Morgan fingerprint density at radius 3 is 2.85 bits per heavy atom.